The Morgan fingerprint density at radius 2 is 1.93 bits per heavy atom. The number of aliphatic carboxylic acids is 1. The first-order chi connectivity index (χ1) is 13.6. The van der Waals surface area contributed by atoms with E-state index in [1.807, 2.05) is 0 Å². The van der Waals surface area contributed by atoms with Gasteiger partial charge in [-0.05, 0) is 25.3 Å². The van der Waals surface area contributed by atoms with Gasteiger partial charge in [-0.25, -0.2) is 4.98 Å². The van der Waals surface area contributed by atoms with E-state index < -0.39 is 23.7 Å². The molecule has 0 saturated heterocycles. The predicted molar refractivity (Wildman–Crippen MR) is 110 cm³/mol. The third-order valence-corrected chi connectivity index (χ3v) is 4.47. The Hall–Kier alpha value is -2.58. The lowest BCUT2D eigenvalue weighted by molar-refractivity contribution is -0.138. The highest BCUT2D eigenvalue weighted by atomic mass is 35.5. The third kappa shape index (κ3) is 7.07. The summed E-state index contributed by atoms with van der Waals surface area (Å²) in [7, 11) is 1.33. The van der Waals surface area contributed by atoms with Gasteiger partial charge in [0.05, 0.1) is 22.8 Å². The van der Waals surface area contributed by atoms with Gasteiger partial charge in [0.2, 0.25) is 0 Å². The molecule has 2 heterocycles. The van der Waals surface area contributed by atoms with Crippen LogP contribution in [0.4, 0.5) is 0 Å². The minimum atomic E-state index is -1.18. The van der Waals surface area contributed by atoms with E-state index in [9.17, 15) is 14.7 Å². The number of hydrogen-bond donors (Lipinski definition) is 3. The topological polar surface area (TPSA) is 122 Å². The zero-order valence-corrected chi connectivity index (χ0v) is 18.0. The first-order valence-corrected chi connectivity index (χ1v) is 9.44. The fraction of sp³-hybridized carbons (Fsp3) is 0.368. The van der Waals surface area contributed by atoms with Crippen molar-refractivity contribution in [2.45, 2.75) is 39.2 Å². The van der Waals surface area contributed by atoms with Gasteiger partial charge < -0.3 is 20.3 Å². The number of ether oxygens (including phenoxy) is 1. The average molecular weight is 444 g/mol. The number of amides is 1. The molecule has 29 heavy (non-hydrogen) atoms. The van der Waals surface area contributed by atoms with Crippen molar-refractivity contribution in [1.29, 1.82) is 0 Å². The zero-order valence-electron chi connectivity index (χ0n) is 16.4. The van der Waals surface area contributed by atoms with Crippen LogP contribution in [0.15, 0.2) is 24.5 Å². The maximum Gasteiger partial charge on any atom is 0.325 e. The van der Waals surface area contributed by atoms with Crippen molar-refractivity contribution in [3.05, 3.63) is 46.0 Å². The van der Waals surface area contributed by atoms with Crippen molar-refractivity contribution >= 4 is 35.1 Å². The minimum Gasteiger partial charge on any atom is -0.503 e. The van der Waals surface area contributed by atoms with Crippen LogP contribution in [-0.4, -0.2) is 45.2 Å². The quantitative estimate of drug-likeness (QED) is 0.618. The van der Waals surface area contributed by atoms with Crippen molar-refractivity contribution in [3.8, 4) is 11.5 Å². The summed E-state index contributed by atoms with van der Waals surface area (Å²) in [5.74, 6) is -1.90. The second-order valence-corrected chi connectivity index (χ2v) is 6.92. The van der Waals surface area contributed by atoms with Gasteiger partial charge in [0, 0.05) is 18.5 Å². The molecule has 10 heteroatoms. The Morgan fingerprint density at radius 3 is 2.45 bits per heavy atom. The van der Waals surface area contributed by atoms with E-state index >= 15 is 0 Å². The zero-order chi connectivity index (χ0) is 22.1. The van der Waals surface area contributed by atoms with Gasteiger partial charge in [0.1, 0.15) is 6.04 Å². The molecular formula is C19H23Cl2N3O5. The van der Waals surface area contributed by atoms with E-state index in [1.54, 1.807) is 12.3 Å². The normalized spacial score (nSPS) is 12.2. The second kappa shape index (κ2) is 11.4. The summed E-state index contributed by atoms with van der Waals surface area (Å²) in [6.45, 7) is 5.51. The summed E-state index contributed by atoms with van der Waals surface area (Å²) in [6.07, 6.45) is 3.95. The van der Waals surface area contributed by atoms with Gasteiger partial charge in [-0.1, -0.05) is 37.0 Å². The molecule has 158 valence electrons. The molecule has 2 rings (SSSR count). The van der Waals surface area contributed by atoms with E-state index in [-0.39, 0.29) is 11.4 Å². The number of pyridine rings is 2. The molecule has 0 radical (unpaired) electrons. The molecule has 8 nitrogen and oxygen atoms in total. The Kier molecular flexibility index (Phi) is 9.64. The molecular weight excluding hydrogens is 421 g/mol. The second-order valence-electron chi connectivity index (χ2n) is 6.07. The average Bonchev–Trinajstić information content (AvgIpc) is 2.67. The molecule has 0 aliphatic carbocycles. The van der Waals surface area contributed by atoms with Crippen molar-refractivity contribution in [3.63, 3.8) is 0 Å². The Balaban J connectivity index is 0.000000308. The van der Waals surface area contributed by atoms with Gasteiger partial charge in [0.25, 0.3) is 5.91 Å². The summed E-state index contributed by atoms with van der Waals surface area (Å²) < 4.78 is 4.80. The fourth-order valence-corrected chi connectivity index (χ4v) is 2.64. The fourth-order valence-electron chi connectivity index (χ4n) is 2.08. The highest BCUT2D eigenvalue weighted by molar-refractivity contribution is 6.34. The van der Waals surface area contributed by atoms with Crippen LogP contribution in [-0.2, 0) is 4.79 Å². The minimum absolute atomic E-state index is 0.0909. The van der Waals surface area contributed by atoms with Crippen LogP contribution >= 0.6 is 23.2 Å². The van der Waals surface area contributed by atoms with Crippen LogP contribution in [0.1, 0.15) is 49.3 Å². The molecule has 2 aromatic rings. The third-order valence-electron chi connectivity index (χ3n) is 3.96. The summed E-state index contributed by atoms with van der Waals surface area (Å²) in [6, 6.07) is 2.04. The summed E-state index contributed by atoms with van der Waals surface area (Å²) in [4.78, 5) is 30.0. The summed E-state index contributed by atoms with van der Waals surface area (Å²) in [5, 5.41) is 21.7. The number of carboxylic acids is 1. The van der Waals surface area contributed by atoms with Crippen molar-refractivity contribution < 1.29 is 24.5 Å². The number of nitrogens with zero attached hydrogens (tertiary/aromatic N) is 2. The maximum absolute atomic E-state index is 11.6. The SMILES string of the molecule is CCC(C)c1ncc(Cl)cc1Cl.COc1ccnc(C(=O)N[C@@H](C)C(=O)O)c1O. The molecule has 2 aromatic heterocycles. The number of carbonyl (C=O) groups excluding carboxylic acids is 1. The molecule has 1 amide bonds. The molecule has 2 atom stereocenters. The Morgan fingerprint density at radius 1 is 1.28 bits per heavy atom. The lowest BCUT2D eigenvalue weighted by Crippen LogP contribution is -2.38. The molecule has 0 fully saturated rings. The predicted octanol–water partition coefficient (Wildman–Crippen LogP) is 3.90. The van der Waals surface area contributed by atoms with Crippen LogP contribution in [0, 0.1) is 0 Å². The van der Waals surface area contributed by atoms with Gasteiger partial charge in [-0.3, -0.25) is 14.6 Å². The molecule has 0 aliphatic rings. The number of nitrogens with one attached hydrogen (secondary N) is 1. The number of methoxy groups -OCH3 is 1. The van der Waals surface area contributed by atoms with Crippen LogP contribution in [0.3, 0.4) is 0 Å². The summed E-state index contributed by atoms with van der Waals surface area (Å²) >= 11 is 11.7. The molecule has 3 N–H and O–H groups in total. The van der Waals surface area contributed by atoms with Gasteiger partial charge in [0.15, 0.2) is 17.2 Å². The van der Waals surface area contributed by atoms with Crippen LogP contribution < -0.4 is 10.1 Å². The first kappa shape index (κ1) is 24.5. The maximum atomic E-state index is 11.6. The number of carbonyl (C=O) groups is 2. The van der Waals surface area contributed by atoms with Gasteiger partial charge in [-0.2, -0.15) is 0 Å². The smallest absolute Gasteiger partial charge is 0.325 e. The number of aromatic hydroxyl groups is 1. The number of rotatable bonds is 6. The molecule has 0 bridgehead atoms. The van der Waals surface area contributed by atoms with E-state index in [0.717, 1.165) is 12.1 Å². The molecule has 0 aromatic carbocycles. The van der Waals surface area contributed by atoms with E-state index in [2.05, 4.69) is 29.1 Å². The van der Waals surface area contributed by atoms with Crippen molar-refractivity contribution in [2.75, 3.05) is 7.11 Å². The highest BCUT2D eigenvalue weighted by Crippen LogP contribution is 2.27. The Labute approximate surface area is 178 Å². The highest BCUT2D eigenvalue weighted by Gasteiger charge is 2.20. The molecule has 0 saturated carbocycles. The van der Waals surface area contributed by atoms with Crippen LogP contribution in [0.25, 0.3) is 0 Å². The number of carboxylic acid groups (broad SMARTS) is 1. The van der Waals surface area contributed by atoms with Crippen molar-refractivity contribution in [2.24, 2.45) is 0 Å². The van der Waals surface area contributed by atoms with E-state index in [1.165, 1.54) is 26.3 Å². The molecule has 0 spiro atoms. The summed E-state index contributed by atoms with van der Waals surface area (Å²) in [5.41, 5.74) is 0.654. The number of halogens is 2. The van der Waals surface area contributed by atoms with Crippen molar-refractivity contribution in [1.82, 2.24) is 15.3 Å². The number of hydrogen-bond acceptors (Lipinski definition) is 6. The molecule has 0 aliphatic heterocycles. The number of aromatic nitrogens is 2. The van der Waals surface area contributed by atoms with Gasteiger partial charge in [-0.15, -0.1) is 0 Å². The Bertz CT molecular complexity index is 864. The van der Waals surface area contributed by atoms with E-state index in [4.69, 9.17) is 33.0 Å². The van der Waals surface area contributed by atoms with Crippen LogP contribution in [0.5, 0.6) is 11.5 Å². The monoisotopic (exact) mass is 443 g/mol. The standard InChI is InChI=1S/C10H12N2O5.C9H11Cl2N/c1-5(10(15)16)12-9(14)7-8(13)6(17-2)3-4-11-7;1-3-6(2)9-8(11)4-7(10)5-12-9/h3-5,13H,1-2H3,(H,12,14)(H,15,16);4-6H,3H2,1-2H3/t5-;/m0./s1. The lowest BCUT2D eigenvalue weighted by Gasteiger charge is -2.10. The van der Waals surface area contributed by atoms with E-state index in [0.29, 0.717) is 16.0 Å². The molecule has 1 unspecified atom stereocenters. The lowest BCUT2D eigenvalue weighted by atomic mass is 10.0. The first-order valence-electron chi connectivity index (χ1n) is 8.68. The largest absolute Gasteiger partial charge is 0.503 e. The van der Waals surface area contributed by atoms with Gasteiger partial charge >= 0.3 is 5.97 Å². The van der Waals surface area contributed by atoms with Crippen LogP contribution in [0.2, 0.25) is 10.0 Å².